The van der Waals surface area contributed by atoms with Crippen LogP contribution in [0, 0.1) is 6.92 Å². The molecule has 0 bridgehead atoms. The molecule has 1 aliphatic heterocycles. The van der Waals surface area contributed by atoms with Gasteiger partial charge in [0.2, 0.25) is 0 Å². The summed E-state index contributed by atoms with van der Waals surface area (Å²) in [6.45, 7) is 3.33. The third kappa shape index (κ3) is 1.60. The lowest BCUT2D eigenvalue weighted by Crippen LogP contribution is -2.20. The first kappa shape index (κ1) is 11.4. The number of nitrogens with zero attached hydrogens (tertiary/aromatic N) is 2. The summed E-state index contributed by atoms with van der Waals surface area (Å²) in [6, 6.07) is 10.1. The second-order valence-corrected chi connectivity index (χ2v) is 5.18. The number of benzene rings is 1. The third-order valence-corrected chi connectivity index (χ3v) is 3.75. The maximum Gasteiger partial charge on any atom is 0.277 e. The zero-order valence-corrected chi connectivity index (χ0v) is 11.1. The lowest BCUT2D eigenvalue weighted by Gasteiger charge is -1.98. The molecule has 0 saturated carbocycles. The zero-order chi connectivity index (χ0) is 13.7. The van der Waals surface area contributed by atoms with Gasteiger partial charge in [-0.25, -0.2) is 9.50 Å². The number of hydrogen-bond donors (Lipinski definition) is 2. The van der Waals surface area contributed by atoms with E-state index < -0.39 is 0 Å². The molecule has 20 heavy (non-hydrogen) atoms. The van der Waals surface area contributed by atoms with Gasteiger partial charge in [0.1, 0.15) is 0 Å². The van der Waals surface area contributed by atoms with Crippen molar-refractivity contribution in [3.63, 3.8) is 0 Å². The Morgan fingerprint density at radius 3 is 2.80 bits per heavy atom. The van der Waals surface area contributed by atoms with Crippen molar-refractivity contribution in [1.29, 1.82) is 0 Å². The molecule has 0 fully saturated rings. The summed E-state index contributed by atoms with van der Waals surface area (Å²) >= 11 is 0. The van der Waals surface area contributed by atoms with Crippen LogP contribution in [0.4, 0.5) is 0 Å². The Kier molecular flexibility index (Phi) is 2.31. The van der Waals surface area contributed by atoms with Crippen molar-refractivity contribution in [1.82, 2.24) is 19.9 Å². The Balaban J connectivity index is 1.94. The van der Waals surface area contributed by atoms with E-state index in [0.29, 0.717) is 18.7 Å². The van der Waals surface area contributed by atoms with E-state index in [4.69, 9.17) is 0 Å². The van der Waals surface area contributed by atoms with Gasteiger partial charge in [0.25, 0.3) is 5.56 Å². The van der Waals surface area contributed by atoms with Gasteiger partial charge < -0.3 is 5.32 Å². The van der Waals surface area contributed by atoms with Crippen LogP contribution in [0.5, 0.6) is 0 Å². The van der Waals surface area contributed by atoms with Crippen molar-refractivity contribution in [2.45, 2.75) is 20.0 Å². The minimum absolute atomic E-state index is 0.00615. The molecule has 0 unspecified atom stereocenters. The molecule has 0 aliphatic carbocycles. The van der Waals surface area contributed by atoms with E-state index in [1.54, 1.807) is 0 Å². The van der Waals surface area contributed by atoms with Crippen molar-refractivity contribution in [3.8, 4) is 11.3 Å². The van der Waals surface area contributed by atoms with Gasteiger partial charge in [0, 0.05) is 19.2 Å². The van der Waals surface area contributed by atoms with Gasteiger partial charge >= 0.3 is 0 Å². The summed E-state index contributed by atoms with van der Waals surface area (Å²) in [5.74, 6) is 0. The number of rotatable bonds is 1. The summed E-state index contributed by atoms with van der Waals surface area (Å²) in [5.41, 5.74) is 5.47. The van der Waals surface area contributed by atoms with Crippen molar-refractivity contribution in [2.75, 3.05) is 0 Å². The first-order valence-corrected chi connectivity index (χ1v) is 6.64. The van der Waals surface area contributed by atoms with E-state index in [-0.39, 0.29) is 5.56 Å². The Labute approximate surface area is 115 Å². The highest BCUT2D eigenvalue weighted by Gasteiger charge is 2.18. The molecule has 2 N–H and O–H groups in total. The number of aromatic amines is 1. The summed E-state index contributed by atoms with van der Waals surface area (Å²) < 4.78 is 1.53. The molecule has 3 aromatic rings. The molecule has 3 heterocycles. The van der Waals surface area contributed by atoms with E-state index in [2.05, 4.69) is 34.5 Å². The molecule has 0 saturated heterocycles. The Morgan fingerprint density at radius 2 is 2.00 bits per heavy atom. The van der Waals surface area contributed by atoms with Crippen LogP contribution in [0.2, 0.25) is 0 Å². The second-order valence-electron chi connectivity index (χ2n) is 5.18. The Bertz CT molecular complexity index is 858. The van der Waals surface area contributed by atoms with Crippen LogP contribution < -0.4 is 10.9 Å². The van der Waals surface area contributed by atoms with Crippen molar-refractivity contribution < 1.29 is 0 Å². The van der Waals surface area contributed by atoms with Crippen LogP contribution in [0.25, 0.3) is 16.9 Å². The monoisotopic (exact) mass is 266 g/mol. The minimum atomic E-state index is -0.00615. The van der Waals surface area contributed by atoms with Crippen LogP contribution in [0.1, 0.15) is 16.8 Å². The van der Waals surface area contributed by atoms with Gasteiger partial charge in [-0.1, -0.05) is 29.8 Å². The Morgan fingerprint density at radius 1 is 1.20 bits per heavy atom. The van der Waals surface area contributed by atoms with Gasteiger partial charge in [0.15, 0.2) is 5.65 Å². The van der Waals surface area contributed by atoms with Crippen LogP contribution in [-0.2, 0) is 13.1 Å². The molecule has 5 heteroatoms. The maximum absolute atomic E-state index is 12.4. The number of fused-ring (bicyclic) bond motifs is 2. The molecule has 0 amide bonds. The number of hydrogen-bond acceptors (Lipinski definition) is 3. The molecule has 5 nitrogen and oxygen atoms in total. The fraction of sp³-hybridized carbons (Fsp3) is 0.200. The number of aryl methyl sites for hydroxylation is 1. The largest absolute Gasteiger partial charge is 0.307 e. The van der Waals surface area contributed by atoms with Crippen LogP contribution in [0.3, 0.4) is 0 Å². The first-order valence-electron chi connectivity index (χ1n) is 6.64. The van der Waals surface area contributed by atoms with Gasteiger partial charge in [-0.05, 0) is 12.5 Å². The molecular formula is C15H14N4O. The van der Waals surface area contributed by atoms with Crippen molar-refractivity contribution in [2.24, 2.45) is 0 Å². The minimum Gasteiger partial charge on any atom is -0.307 e. The lowest BCUT2D eigenvalue weighted by molar-refractivity contribution is 0.756. The van der Waals surface area contributed by atoms with Gasteiger partial charge in [-0.3, -0.25) is 9.89 Å². The zero-order valence-electron chi connectivity index (χ0n) is 11.1. The van der Waals surface area contributed by atoms with Crippen molar-refractivity contribution in [3.05, 3.63) is 57.5 Å². The Hall–Kier alpha value is -2.40. The summed E-state index contributed by atoms with van der Waals surface area (Å²) in [6.07, 6.45) is 0. The fourth-order valence-electron chi connectivity index (χ4n) is 2.62. The molecule has 0 spiro atoms. The molecule has 0 radical (unpaired) electrons. The van der Waals surface area contributed by atoms with Gasteiger partial charge in [0.05, 0.1) is 17.0 Å². The van der Waals surface area contributed by atoms with Crippen LogP contribution in [-0.4, -0.2) is 14.6 Å². The maximum atomic E-state index is 12.4. The van der Waals surface area contributed by atoms with E-state index >= 15 is 0 Å². The molecule has 4 rings (SSSR count). The van der Waals surface area contributed by atoms with Crippen molar-refractivity contribution >= 4 is 5.65 Å². The molecule has 1 aromatic carbocycles. The molecular weight excluding hydrogens is 252 g/mol. The van der Waals surface area contributed by atoms with Gasteiger partial charge in [-0.15, -0.1) is 0 Å². The number of H-pyrrole nitrogens is 1. The molecule has 2 aromatic heterocycles. The van der Waals surface area contributed by atoms with E-state index in [0.717, 1.165) is 22.5 Å². The van der Waals surface area contributed by atoms with Crippen LogP contribution >= 0.6 is 0 Å². The molecule has 0 atom stereocenters. The average molecular weight is 266 g/mol. The quantitative estimate of drug-likeness (QED) is 0.703. The standard InChI is InChI=1S/C15H14N4O/c1-9-2-4-10(5-3-9)12-6-14-17-13-8-16-7-11(13)15(20)19(14)18-12/h2-6,16,18H,7-8H2,1H3. The number of nitrogens with one attached hydrogen (secondary N) is 2. The predicted octanol–water partition coefficient (Wildman–Crippen LogP) is 1.60. The van der Waals surface area contributed by atoms with E-state index in [1.165, 1.54) is 10.1 Å². The summed E-state index contributed by atoms with van der Waals surface area (Å²) in [4.78, 5) is 16.9. The lowest BCUT2D eigenvalue weighted by atomic mass is 10.1. The van der Waals surface area contributed by atoms with Crippen LogP contribution in [0.15, 0.2) is 35.1 Å². The topological polar surface area (TPSA) is 62.2 Å². The molecule has 1 aliphatic rings. The normalized spacial score (nSPS) is 13.8. The smallest absolute Gasteiger partial charge is 0.277 e. The third-order valence-electron chi connectivity index (χ3n) is 3.75. The molecule has 100 valence electrons. The number of aromatic nitrogens is 3. The van der Waals surface area contributed by atoms with Gasteiger partial charge in [-0.2, -0.15) is 0 Å². The van der Waals surface area contributed by atoms with E-state index in [1.807, 2.05) is 18.2 Å². The highest BCUT2D eigenvalue weighted by atomic mass is 16.1. The average Bonchev–Trinajstić information content (AvgIpc) is 3.06. The highest BCUT2D eigenvalue weighted by molar-refractivity contribution is 5.64. The summed E-state index contributed by atoms with van der Waals surface area (Å²) in [7, 11) is 0. The SMILES string of the molecule is Cc1ccc(-c2cc3nc4c(c(=O)n3[nH]2)CNC4)cc1. The van der Waals surface area contributed by atoms with E-state index in [9.17, 15) is 4.79 Å². The highest BCUT2D eigenvalue weighted by Crippen LogP contribution is 2.20. The summed E-state index contributed by atoms with van der Waals surface area (Å²) in [5, 5.41) is 6.30. The fourth-order valence-corrected chi connectivity index (χ4v) is 2.62. The first-order chi connectivity index (χ1) is 9.72. The predicted molar refractivity (Wildman–Crippen MR) is 76.5 cm³/mol. The second kappa shape index (κ2) is 4.05.